The number of ether oxygens (including phenoxy) is 1. The Labute approximate surface area is 156 Å². The normalized spacial score (nSPS) is 19.0. The molecule has 1 atom stereocenters. The Bertz CT molecular complexity index is 737. The largest absolute Gasteiger partial charge is 0.450 e. The first-order valence-electron chi connectivity index (χ1n) is 8.70. The summed E-state index contributed by atoms with van der Waals surface area (Å²) in [5.74, 6) is -1.93. The first kappa shape index (κ1) is 20.3. The summed E-state index contributed by atoms with van der Waals surface area (Å²) in [6.07, 6.45) is 0.752. The number of rotatable bonds is 7. The van der Waals surface area contributed by atoms with Crippen molar-refractivity contribution >= 4 is 23.9 Å². The maximum Gasteiger partial charge on any atom is 0.413 e. The average Bonchev–Trinajstić information content (AvgIpc) is 2.86. The number of urea groups is 1. The molecule has 0 spiro atoms. The van der Waals surface area contributed by atoms with Gasteiger partial charge in [0.1, 0.15) is 17.9 Å². The molecule has 2 rings (SSSR count). The van der Waals surface area contributed by atoms with E-state index in [1.165, 1.54) is 24.3 Å². The molecule has 1 heterocycles. The van der Waals surface area contributed by atoms with E-state index in [0.717, 1.165) is 11.3 Å². The molecule has 27 heavy (non-hydrogen) atoms. The molecule has 1 aliphatic rings. The Morgan fingerprint density at radius 3 is 2.48 bits per heavy atom. The molecule has 5 amide bonds. The number of imide groups is 2. The van der Waals surface area contributed by atoms with Gasteiger partial charge in [-0.05, 0) is 31.0 Å². The minimum Gasteiger partial charge on any atom is -0.450 e. The Balaban J connectivity index is 2.24. The summed E-state index contributed by atoms with van der Waals surface area (Å²) in [6, 6.07) is 4.54. The van der Waals surface area contributed by atoms with Crippen LogP contribution in [0.1, 0.15) is 38.7 Å². The molecule has 8 nitrogen and oxygen atoms in total. The van der Waals surface area contributed by atoms with E-state index in [1.807, 2.05) is 12.2 Å². The van der Waals surface area contributed by atoms with Crippen LogP contribution < -0.4 is 10.6 Å². The van der Waals surface area contributed by atoms with Gasteiger partial charge in [0.05, 0.1) is 6.61 Å². The number of hydrogen-bond donors (Lipinski definition) is 2. The number of amides is 5. The van der Waals surface area contributed by atoms with Gasteiger partial charge in [-0.2, -0.15) is 0 Å². The van der Waals surface area contributed by atoms with E-state index in [2.05, 4.69) is 10.1 Å². The summed E-state index contributed by atoms with van der Waals surface area (Å²) >= 11 is 0. The van der Waals surface area contributed by atoms with Gasteiger partial charge in [0.15, 0.2) is 0 Å². The SMILES string of the molecule is CCCC[C@]1(c2ccc(F)cc2)NC(=O)N(CC(=O)NC(=O)OCC)C1=O. The van der Waals surface area contributed by atoms with Gasteiger partial charge in [0.25, 0.3) is 5.91 Å². The number of nitrogens with zero attached hydrogens (tertiary/aromatic N) is 1. The van der Waals surface area contributed by atoms with Gasteiger partial charge in [-0.3, -0.25) is 19.8 Å². The lowest BCUT2D eigenvalue weighted by Gasteiger charge is -2.27. The number of hydrogen-bond acceptors (Lipinski definition) is 5. The fourth-order valence-electron chi connectivity index (χ4n) is 2.92. The van der Waals surface area contributed by atoms with Gasteiger partial charge in [-0.25, -0.2) is 14.0 Å². The highest BCUT2D eigenvalue weighted by Crippen LogP contribution is 2.34. The molecule has 146 valence electrons. The minimum atomic E-state index is -1.37. The van der Waals surface area contributed by atoms with E-state index < -0.39 is 41.8 Å². The predicted molar refractivity (Wildman–Crippen MR) is 93.0 cm³/mol. The fraction of sp³-hybridized carbons (Fsp3) is 0.444. The summed E-state index contributed by atoms with van der Waals surface area (Å²) in [6.45, 7) is 2.96. The Morgan fingerprint density at radius 1 is 1.22 bits per heavy atom. The summed E-state index contributed by atoms with van der Waals surface area (Å²) in [5.41, 5.74) is -0.936. The van der Waals surface area contributed by atoms with E-state index in [4.69, 9.17) is 0 Å². The van der Waals surface area contributed by atoms with Crippen molar-refractivity contribution in [3.05, 3.63) is 35.6 Å². The second kappa shape index (κ2) is 8.61. The number of unbranched alkanes of at least 4 members (excludes halogenated alkanes) is 1. The first-order chi connectivity index (χ1) is 12.8. The van der Waals surface area contributed by atoms with Gasteiger partial charge in [-0.1, -0.05) is 31.9 Å². The number of halogens is 1. The van der Waals surface area contributed by atoms with Crippen molar-refractivity contribution in [2.75, 3.05) is 13.2 Å². The number of alkyl carbamates (subject to hydrolysis) is 1. The number of benzene rings is 1. The predicted octanol–water partition coefficient (Wildman–Crippen LogP) is 2.04. The standard InChI is InChI=1S/C18H22FN3O5/c1-3-5-10-18(12-6-8-13(19)9-7-12)15(24)22(16(25)21-18)11-14(23)20-17(26)27-4-2/h6-9H,3-5,10-11H2,1-2H3,(H,21,25)(H,20,23,26)/t18-/m1/s1. The third kappa shape index (κ3) is 4.42. The van der Waals surface area contributed by atoms with Crippen LogP contribution in [0.4, 0.5) is 14.0 Å². The maximum atomic E-state index is 13.3. The average molecular weight is 379 g/mol. The van der Waals surface area contributed by atoms with Gasteiger partial charge >= 0.3 is 12.1 Å². The highest BCUT2D eigenvalue weighted by molar-refractivity contribution is 6.10. The van der Waals surface area contributed by atoms with Crippen molar-refractivity contribution < 1.29 is 28.3 Å². The van der Waals surface area contributed by atoms with Gasteiger partial charge in [0, 0.05) is 0 Å². The number of carbonyl (C=O) groups excluding carboxylic acids is 4. The van der Waals surface area contributed by atoms with Gasteiger partial charge in [-0.15, -0.1) is 0 Å². The van der Waals surface area contributed by atoms with Crippen LogP contribution in [0.25, 0.3) is 0 Å². The van der Waals surface area contributed by atoms with Crippen LogP contribution >= 0.6 is 0 Å². The van der Waals surface area contributed by atoms with Crippen molar-refractivity contribution in [3.8, 4) is 0 Å². The number of nitrogens with one attached hydrogen (secondary N) is 2. The van der Waals surface area contributed by atoms with E-state index in [9.17, 15) is 23.6 Å². The molecular weight excluding hydrogens is 357 g/mol. The lowest BCUT2D eigenvalue weighted by molar-refractivity contribution is -0.135. The third-order valence-electron chi connectivity index (χ3n) is 4.24. The molecule has 2 N–H and O–H groups in total. The third-order valence-corrected chi connectivity index (χ3v) is 4.24. The molecule has 0 unspecified atom stereocenters. The molecule has 0 saturated carbocycles. The van der Waals surface area contributed by atoms with Crippen LogP contribution in [0, 0.1) is 5.82 Å². The van der Waals surface area contributed by atoms with Crippen molar-refractivity contribution in [1.82, 2.24) is 15.5 Å². The molecule has 0 aromatic heterocycles. The molecule has 1 fully saturated rings. The smallest absolute Gasteiger partial charge is 0.413 e. The Morgan fingerprint density at radius 2 is 1.89 bits per heavy atom. The van der Waals surface area contributed by atoms with E-state index in [1.54, 1.807) is 6.92 Å². The van der Waals surface area contributed by atoms with Crippen molar-refractivity contribution in [2.45, 2.75) is 38.6 Å². The van der Waals surface area contributed by atoms with Crippen molar-refractivity contribution in [2.24, 2.45) is 0 Å². The maximum absolute atomic E-state index is 13.3. The summed E-state index contributed by atoms with van der Waals surface area (Å²) < 4.78 is 17.9. The van der Waals surface area contributed by atoms with Crippen LogP contribution in [0.3, 0.4) is 0 Å². The molecule has 1 saturated heterocycles. The van der Waals surface area contributed by atoms with Crippen molar-refractivity contribution in [3.63, 3.8) is 0 Å². The highest BCUT2D eigenvalue weighted by Gasteiger charge is 2.52. The Hall–Kier alpha value is -2.97. The van der Waals surface area contributed by atoms with E-state index in [0.29, 0.717) is 18.4 Å². The van der Waals surface area contributed by atoms with Gasteiger partial charge < -0.3 is 10.1 Å². The van der Waals surface area contributed by atoms with Gasteiger partial charge in [0.2, 0.25) is 5.91 Å². The molecule has 0 aliphatic carbocycles. The second-order valence-electron chi connectivity index (χ2n) is 6.11. The van der Waals surface area contributed by atoms with Crippen LogP contribution in [0.15, 0.2) is 24.3 Å². The van der Waals surface area contributed by atoms with E-state index in [-0.39, 0.29) is 6.61 Å². The highest BCUT2D eigenvalue weighted by atomic mass is 19.1. The summed E-state index contributed by atoms with van der Waals surface area (Å²) in [5, 5.41) is 4.58. The molecular formula is C18H22FN3O5. The zero-order valence-electron chi connectivity index (χ0n) is 15.2. The molecule has 9 heteroatoms. The van der Waals surface area contributed by atoms with Crippen LogP contribution in [-0.4, -0.2) is 42.0 Å². The minimum absolute atomic E-state index is 0.0763. The summed E-state index contributed by atoms with van der Waals surface area (Å²) in [4.78, 5) is 49.4. The first-order valence-corrected chi connectivity index (χ1v) is 8.70. The molecule has 1 aliphatic heterocycles. The zero-order valence-corrected chi connectivity index (χ0v) is 15.2. The molecule has 0 bridgehead atoms. The molecule has 1 aromatic rings. The quantitative estimate of drug-likeness (QED) is 0.706. The second-order valence-corrected chi connectivity index (χ2v) is 6.11. The fourth-order valence-corrected chi connectivity index (χ4v) is 2.92. The molecule has 0 radical (unpaired) electrons. The Kier molecular flexibility index (Phi) is 6.49. The lowest BCUT2D eigenvalue weighted by Crippen LogP contribution is -2.46. The van der Waals surface area contributed by atoms with E-state index >= 15 is 0 Å². The monoisotopic (exact) mass is 379 g/mol. The topological polar surface area (TPSA) is 105 Å². The summed E-state index contributed by atoms with van der Waals surface area (Å²) in [7, 11) is 0. The zero-order chi connectivity index (χ0) is 20.0. The van der Waals surface area contributed by atoms with Crippen LogP contribution in [0.5, 0.6) is 0 Å². The lowest BCUT2D eigenvalue weighted by atomic mass is 9.85. The number of carbonyl (C=O) groups is 4. The van der Waals surface area contributed by atoms with Crippen molar-refractivity contribution in [1.29, 1.82) is 0 Å². The van der Waals surface area contributed by atoms with Crippen LogP contribution in [0.2, 0.25) is 0 Å². The molecule has 1 aromatic carbocycles. The van der Waals surface area contributed by atoms with Crippen LogP contribution in [-0.2, 0) is 19.9 Å².